The first-order valence-corrected chi connectivity index (χ1v) is 5.52. The minimum Gasteiger partial charge on any atom is -0.384 e. The third kappa shape index (κ3) is 1.82. The molecule has 3 rings (SSSR count). The number of hydrogen-bond donors (Lipinski definition) is 1. The highest BCUT2D eigenvalue weighted by Crippen LogP contribution is 2.21. The zero-order valence-corrected chi connectivity index (χ0v) is 9.56. The summed E-state index contributed by atoms with van der Waals surface area (Å²) >= 11 is 0. The van der Waals surface area contributed by atoms with Crippen molar-refractivity contribution in [1.29, 1.82) is 0 Å². The highest BCUT2D eigenvalue weighted by Gasteiger charge is 2.08. The molecule has 0 aliphatic carbocycles. The molecule has 0 atom stereocenters. The molecule has 3 aromatic rings. The number of nitrogens with zero attached hydrogens (tertiary/aromatic N) is 4. The van der Waals surface area contributed by atoms with Crippen LogP contribution in [0.15, 0.2) is 54.9 Å². The fourth-order valence-electron chi connectivity index (χ4n) is 1.75. The van der Waals surface area contributed by atoms with Crippen molar-refractivity contribution < 1.29 is 0 Å². The van der Waals surface area contributed by atoms with Gasteiger partial charge in [-0.3, -0.25) is 0 Å². The van der Waals surface area contributed by atoms with E-state index in [1.54, 1.807) is 17.1 Å². The van der Waals surface area contributed by atoms with Crippen molar-refractivity contribution in [3.63, 3.8) is 0 Å². The molecule has 0 bridgehead atoms. The molecule has 18 heavy (non-hydrogen) atoms. The van der Waals surface area contributed by atoms with E-state index in [2.05, 4.69) is 15.3 Å². The van der Waals surface area contributed by atoms with Crippen LogP contribution in [0, 0.1) is 0 Å². The largest absolute Gasteiger partial charge is 0.384 e. The van der Waals surface area contributed by atoms with Gasteiger partial charge in [0.2, 0.25) is 0 Å². The molecule has 0 saturated carbocycles. The van der Waals surface area contributed by atoms with E-state index in [-0.39, 0.29) is 0 Å². The van der Waals surface area contributed by atoms with Crippen molar-refractivity contribution in [2.75, 3.05) is 5.73 Å². The predicted molar refractivity (Wildman–Crippen MR) is 69.0 cm³/mol. The van der Waals surface area contributed by atoms with Gasteiger partial charge in [-0.15, -0.1) is 0 Å². The van der Waals surface area contributed by atoms with Crippen LogP contribution in [0.4, 0.5) is 5.82 Å². The van der Waals surface area contributed by atoms with Gasteiger partial charge >= 0.3 is 0 Å². The predicted octanol–water partition coefficient (Wildman–Crippen LogP) is 1.91. The number of benzene rings is 1. The zero-order valence-electron chi connectivity index (χ0n) is 9.56. The quantitative estimate of drug-likeness (QED) is 0.739. The Bertz CT molecular complexity index is 646. The van der Waals surface area contributed by atoms with Gasteiger partial charge in [-0.25, -0.2) is 4.68 Å². The number of rotatable bonds is 2. The molecule has 0 aliphatic heterocycles. The van der Waals surface area contributed by atoms with Crippen molar-refractivity contribution >= 4 is 5.82 Å². The molecular formula is C13H11N5. The molecule has 5 heteroatoms. The Morgan fingerprint density at radius 2 is 1.83 bits per heavy atom. The van der Waals surface area contributed by atoms with Gasteiger partial charge in [-0.1, -0.05) is 18.2 Å². The van der Waals surface area contributed by atoms with Crippen LogP contribution in [0.3, 0.4) is 0 Å². The van der Waals surface area contributed by atoms with Gasteiger partial charge in [0, 0.05) is 11.6 Å². The van der Waals surface area contributed by atoms with E-state index in [1.165, 1.54) is 0 Å². The van der Waals surface area contributed by atoms with Crippen molar-refractivity contribution in [3.8, 4) is 16.9 Å². The van der Waals surface area contributed by atoms with Crippen LogP contribution in [-0.4, -0.2) is 20.0 Å². The minimum atomic E-state index is 0.591. The second kappa shape index (κ2) is 4.29. The van der Waals surface area contributed by atoms with Crippen LogP contribution in [0.2, 0.25) is 0 Å². The second-order valence-corrected chi connectivity index (χ2v) is 3.83. The normalized spacial score (nSPS) is 10.4. The fraction of sp³-hybridized carbons (Fsp3) is 0. The molecule has 2 heterocycles. The number of hydrogen-bond acceptors (Lipinski definition) is 4. The van der Waals surface area contributed by atoms with Crippen LogP contribution < -0.4 is 5.73 Å². The SMILES string of the molecule is Nc1cc(-c2ccnnc2)nn1-c1ccccc1. The molecule has 5 nitrogen and oxygen atoms in total. The third-order valence-corrected chi connectivity index (χ3v) is 2.62. The number of anilines is 1. The van der Waals surface area contributed by atoms with E-state index in [4.69, 9.17) is 5.73 Å². The maximum Gasteiger partial charge on any atom is 0.127 e. The summed E-state index contributed by atoms with van der Waals surface area (Å²) in [6.07, 6.45) is 3.30. The number of aromatic nitrogens is 4. The average molecular weight is 237 g/mol. The van der Waals surface area contributed by atoms with Crippen molar-refractivity contribution in [2.24, 2.45) is 0 Å². The Hall–Kier alpha value is -2.69. The van der Waals surface area contributed by atoms with E-state index >= 15 is 0 Å². The summed E-state index contributed by atoms with van der Waals surface area (Å²) in [7, 11) is 0. The summed E-state index contributed by atoms with van der Waals surface area (Å²) in [5, 5.41) is 12.0. The lowest BCUT2D eigenvalue weighted by Gasteiger charge is -2.02. The standard InChI is InChI=1S/C13H11N5/c14-13-8-12(10-6-7-15-16-9-10)17-18(13)11-4-2-1-3-5-11/h1-9H,14H2. The molecule has 1 aromatic carbocycles. The van der Waals surface area contributed by atoms with Gasteiger partial charge in [-0.05, 0) is 18.2 Å². The molecule has 0 radical (unpaired) electrons. The Morgan fingerprint density at radius 3 is 2.56 bits per heavy atom. The summed E-state index contributed by atoms with van der Waals surface area (Å²) in [5.74, 6) is 0.591. The molecule has 2 aromatic heterocycles. The van der Waals surface area contributed by atoms with E-state index in [0.717, 1.165) is 16.9 Å². The summed E-state index contributed by atoms with van der Waals surface area (Å²) < 4.78 is 1.70. The van der Waals surface area contributed by atoms with Crippen LogP contribution in [0.25, 0.3) is 16.9 Å². The van der Waals surface area contributed by atoms with Gasteiger partial charge in [0.15, 0.2) is 0 Å². The highest BCUT2D eigenvalue weighted by molar-refractivity contribution is 5.62. The third-order valence-electron chi connectivity index (χ3n) is 2.62. The van der Waals surface area contributed by atoms with Gasteiger partial charge in [0.25, 0.3) is 0 Å². The second-order valence-electron chi connectivity index (χ2n) is 3.83. The molecule has 0 spiro atoms. The highest BCUT2D eigenvalue weighted by atomic mass is 15.3. The molecule has 0 amide bonds. The fourth-order valence-corrected chi connectivity index (χ4v) is 1.75. The number of nitrogens with two attached hydrogens (primary N) is 1. The Labute approximate surface area is 104 Å². The van der Waals surface area contributed by atoms with Crippen LogP contribution >= 0.6 is 0 Å². The van der Waals surface area contributed by atoms with Crippen LogP contribution in [-0.2, 0) is 0 Å². The van der Waals surface area contributed by atoms with E-state index in [0.29, 0.717) is 5.82 Å². The zero-order chi connectivity index (χ0) is 12.4. The van der Waals surface area contributed by atoms with Gasteiger partial charge < -0.3 is 5.73 Å². The molecular weight excluding hydrogens is 226 g/mol. The number of para-hydroxylation sites is 1. The maximum absolute atomic E-state index is 5.98. The Kier molecular flexibility index (Phi) is 2.49. The average Bonchev–Trinajstić information content (AvgIpc) is 2.83. The maximum atomic E-state index is 5.98. The molecule has 0 saturated heterocycles. The minimum absolute atomic E-state index is 0.591. The molecule has 0 aliphatic rings. The first-order chi connectivity index (χ1) is 8.84. The summed E-state index contributed by atoms with van der Waals surface area (Å²) in [4.78, 5) is 0. The molecule has 0 unspecified atom stereocenters. The molecule has 88 valence electrons. The summed E-state index contributed by atoms with van der Waals surface area (Å²) in [5.41, 5.74) is 8.59. The van der Waals surface area contributed by atoms with Crippen LogP contribution in [0.5, 0.6) is 0 Å². The Balaban J connectivity index is 2.07. The smallest absolute Gasteiger partial charge is 0.127 e. The van der Waals surface area contributed by atoms with Gasteiger partial charge in [0.05, 0.1) is 23.8 Å². The van der Waals surface area contributed by atoms with Gasteiger partial charge in [-0.2, -0.15) is 15.3 Å². The molecule has 0 fully saturated rings. The van der Waals surface area contributed by atoms with Crippen molar-refractivity contribution in [2.45, 2.75) is 0 Å². The first kappa shape index (κ1) is 10.5. The lowest BCUT2D eigenvalue weighted by Crippen LogP contribution is -2.01. The van der Waals surface area contributed by atoms with E-state index in [9.17, 15) is 0 Å². The lowest BCUT2D eigenvalue weighted by molar-refractivity contribution is 0.893. The monoisotopic (exact) mass is 237 g/mol. The number of nitrogen functional groups attached to an aromatic ring is 1. The van der Waals surface area contributed by atoms with Gasteiger partial charge in [0.1, 0.15) is 5.82 Å². The lowest BCUT2D eigenvalue weighted by atomic mass is 10.2. The summed E-state index contributed by atoms with van der Waals surface area (Å²) in [6.45, 7) is 0. The van der Waals surface area contributed by atoms with Crippen molar-refractivity contribution in [1.82, 2.24) is 20.0 Å². The van der Waals surface area contributed by atoms with E-state index in [1.807, 2.05) is 42.5 Å². The molecule has 2 N–H and O–H groups in total. The Morgan fingerprint density at radius 1 is 1.00 bits per heavy atom. The van der Waals surface area contributed by atoms with E-state index < -0.39 is 0 Å². The van der Waals surface area contributed by atoms with Crippen molar-refractivity contribution in [3.05, 3.63) is 54.9 Å². The topological polar surface area (TPSA) is 69.6 Å². The summed E-state index contributed by atoms with van der Waals surface area (Å²) in [6, 6.07) is 13.4. The first-order valence-electron chi connectivity index (χ1n) is 5.52. The van der Waals surface area contributed by atoms with Crippen LogP contribution in [0.1, 0.15) is 0 Å².